The molecule has 6 amide bonds. The maximum absolute atomic E-state index is 13.4. The molecule has 2 aromatic heterocycles. The van der Waals surface area contributed by atoms with Crippen molar-refractivity contribution >= 4 is 69.5 Å². The first-order valence-corrected chi connectivity index (χ1v) is 18.1. The predicted molar refractivity (Wildman–Crippen MR) is 197 cm³/mol. The van der Waals surface area contributed by atoms with Crippen LogP contribution in [0.15, 0.2) is 54.9 Å². The smallest absolute Gasteiger partial charge is 0.262 e. The fraction of sp³-hybridized carbons (Fsp3) is 0.342. The Morgan fingerprint density at radius 1 is 0.906 bits per heavy atom. The second kappa shape index (κ2) is 13.7. The third-order valence-corrected chi connectivity index (χ3v) is 11.0. The van der Waals surface area contributed by atoms with Gasteiger partial charge in [-0.15, -0.1) is 0 Å². The highest BCUT2D eigenvalue weighted by atomic mass is 35.5. The lowest BCUT2D eigenvalue weighted by molar-refractivity contribution is -0.136. The first-order chi connectivity index (χ1) is 25.6. The quantitative estimate of drug-likeness (QED) is 0.272. The standard InChI is InChI=1S/C38H37ClN8O6/c1-2-22-18-40-35-33(22)34(39)28(19-41-35)23-4-3-5-25(16-23)46-15-10-43(21-32(46)50)20-31(49)45-13-11-44(12-14-45)24-6-7-26-27(17-24)38(53)47(37(26)52)29-8-9-30(48)42-36(29)51/h3-7,16-19,29H,2,8-15,20-21H2,1H3,(H,40,41)(H,42,48,51). The lowest BCUT2D eigenvalue weighted by Gasteiger charge is -2.38. The van der Waals surface area contributed by atoms with E-state index in [9.17, 15) is 28.8 Å². The molecule has 1 atom stereocenters. The summed E-state index contributed by atoms with van der Waals surface area (Å²) in [5, 5.41) is 3.74. The average molecular weight is 737 g/mol. The maximum atomic E-state index is 13.4. The molecule has 0 aliphatic carbocycles. The van der Waals surface area contributed by atoms with Gasteiger partial charge in [0, 0.05) is 80.4 Å². The van der Waals surface area contributed by atoms with Crippen LogP contribution >= 0.6 is 11.6 Å². The van der Waals surface area contributed by atoms with E-state index in [0.717, 1.165) is 50.4 Å². The molecule has 272 valence electrons. The number of piperazine rings is 2. The molecule has 0 spiro atoms. The number of pyridine rings is 1. The fourth-order valence-electron chi connectivity index (χ4n) is 7.73. The Kier molecular flexibility index (Phi) is 8.95. The largest absolute Gasteiger partial charge is 0.368 e. The molecular formula is C38H37ClN8O6. The minimum Gasteiger partial charge on any atom is -0.368 e. The van der Waals surface area contributed by atoms with Gasteiger partial charge in [-0.2, -0.15) is 0 Å². The third kappa shape index (κ3) is 6.21. The number of hydrogen-bond acceptors (Lipinski definition) is 9. The molecule has 15 heteroatoms. The molecular weight excluding hydrogens is 700 g/mol. The minimum absolute atomic E-state index is 0.0560. The highest BCUT2D eigenvalue weighted by molar-refractivity contribution is 6.38. The Labute approximate surface area is 309 Å². The Morgan fingerprint density at radius 2 is 1.70 bits per heavy atom. The third-order valence-electron chi connectivity index (χ3n) is 10.6. The molecule has 4 aliphatic rings. The summed E-state index contributed by atoms with van der Waals surface area (Å²) in [4.78, 5) is 93.3. The number of fused-ring (bicyclic) bond motifs is 2. The topological polar surface area (TPSA) is 159 Å². The second-order valence-electron chi connectivity index (χ2n) is 13.7. The molecule has 1 unspecified atom stereocenters. The lowest BCUT2D eigenvalue weighted by atomic mass is 10.0. The van der Waals surface area contributed by atoms with E-state index in [-0.39, 0.29) is 48.9 Å². The number of hydrogen-bond donors (Lipinski definition) is 2. The summed E-state index contributed by atoms with van der Waals surface area (Å²) in [6.07, 6.45) is 4.65. The molecule has 14 nitrogen and oxygen atoms in total. The molecule has 2 N–H and O–H groups in total. The van der Waals surface area contributed by atoms with Crippen molar-refractivity contribution in [3.63, 3.8) is 0 Å². The van der Waals surface area contributed by atoms with Crippen LogP contribution in [-0.4, -0.2) is 119 Å². The molecule has 4 aromatic rings. The normalized spacial score (nSPS) is 19.7. The van der Waals surface area contributed by atoms with Crippen LogP contribution in [0.5, 0.6) is 0 Å². The van der Waals surface area contributed by atoms with Gasteiger partial charge in [-0.1, -0.05) is 30.7 Å². The van der Waals surface area contributed by atoms with Crippen molar-refractivity contribution in [2.45, 2.75) is 32.2 Å². The zero-order valence-electron chi connectivity index (χ0n) is 29.1. The number of aromatic amines is 1. The van der Waals surface area contributed by atoms with Gasteiger partial charge < -0.3 is 19.7 Å². The van der Waals surface area contributed by atoms with Gasteiger partial charge in [0.2, 0.25) is 23.6 Å². The molecule has 6 heterocycles. The van der Waals surface area contributed by atoms with Crippen LogP contribution in [0.2, 0.25) is 5.02 Å². The number of aryl methyl sites for hydroxylation is 1. The van der Waals surface area contributed by atoms with Gasteiger partial charge in [0.15, 0.2) is 0 Å². The zero-order valence-corrected chi connectivity index (χ0v) is 29.8. The number of anilines is 2. The number of aromatic nitrogens is 2. The Morgan fingerprint density at radius 3 is 2.45 bits per heavy atom. The van der Waals surface area contributed by atoms with Crippen LogP contribution in [0, 0.1) is 0 Å². The summed E-state index contributed by atoms with van der Waals surface area (Å²) in [6.45, 7) is 5.24. The van der Waals surface area contributed by atoms with Gasteiger partial charge in [-0.25, -0.2) is 4.98 Å². The number of carbonyl (C=O) groups excluding carboxylic acids is 6. The molecule has 0 radical (unpaired) electrons. The van der Waals surface area contributed by atoms with Crippen LogP contribution in [0.1, 0.15) is 46.0 Å². The van der Waals surface area contributed by atoms with Gasteiger partial charge in [0.1, 0.15) is 11.7 Å². The summed E-state index contributed by atoms with van der Waals surface area (Å²) >= 11 is 6.88. The first-order valence-electron chi connectivity index (χ1n) is 17.8. The van der Waals surface area contributed by atoms with Crippen molar-refractivity contribution in [1.29, 1.82) is 0 Å². The summed E-state index contributed by atoms with van der Waals surface area (Å²) in [5.41, 5.74) is 5.44. The lowest BCUT2D eigenvalue weighted by Crippen LogP contribution is -2.55. The van der Waals surface area contributed by atoms with E-state index < -0.39 is 29.7 Å². The molecule has 3 fully saturated rings. The van der Waals surface area contributed by atoms with Gasteiger partial charge in [0.25, 0.3) is 11.8 Å². The molecule has 8 rings (SSSR count). The Balaban J connectivity index is 0.861. The summed E-state index contributed by atoms with van der Waals surface area (Å²) in [6, 6.07) is 11.7. The van der Waals surface area contributed by atoms with E-state index in [1.54, 1.807) is 34.2 Å². The molecule has 0 bridgehead atoms. The van der Waals surface area contributed by atoms with Crippen molar-refractivity contribution in [1.82, 2.24) is 30.0 Å². The van der Waals surface area contributed by atoms with E-state index in [1.807, 2.05) is 35.4 Å². The predicted octanol–water partition coefficient (Wildman–Crippen LogP) is 2.84. The van der Waals surface area contributed by atoms with Crippen LogP contribution < -0.4 is 15.1 Å². The first kappa shape index (κ1) is 34.5. The SMILES string of the molecule is CCc1c[nH]c2ncc(-c3cccc(N4CCN(CC(=O)N5CCN(c6ccc7c(c6)C(=O)N(C6CCC(=O)NC6=O)C7=O)CC5)CC4=O)c3)c(Cl)c12. The van der Waals surface area contributed by atoms with Crippen molar-refractivity contribution < 1.29 is 28.8 Å². The number of nitrogens with zero attached hydrogens (tertiary/aromatic N) is 6. The minimum atomic E-state index is -1.02. The van der Waals surface area contributed by atoms with E-state index in [4.69, 9.17) is 11.6 Å². The van der Waals surface area contributed by atoms with E-state index >= 15 is 0 Å². The number of nitrogens with one attached hydrogen (secondary N) is 2. The van der Waals surface area contributed by atoms with Crippen LogP contribution in [-0.2, 0) is 25.6 Å². The van der Waals surface area contributed by atoms with E-state index in [1.165, 1.54) is 0 Å². The summed E-state index contributed by atoms with van der Waals surface area (Å²) in [7, 11) is 0. The Bertz CT molecular complexity index is 2210. The number of halogens is 1. The van der Waals surface area contributed by atoms with Crippen LogP contribution in [0.3, 0.4) is 0 Å². The zero-order chi connectivity index (χ0) is 37.0. The van der Waals surface area contributed by atoms with Crippen molar-refractivity contribution in [2.24, 2.45) is 0 Å². The highest BCUT2D eigenvalue weighted by Crippen LogP contribution is 2.37. The molecule has 2 aromatic carbocycles. The number of piperidine rings is 1. The second-order valence-corrected chi connectivity index (χ2v) is 14.1. The van der Waals surface area contributed by atoms with Crippen molar-refractivity contribution in [2.75, 3.05) is 62.2 Å². The Hall–Kier alpha value is -5.60. The van der Waals surface area contributed by atoms with E-state index in [2.05, 4.69) is 27.1 Å². The fourth-order valence-corrected chi connectivity index (χ4v) is 8.10. The van der Waals surface area contributed by atoms with Crippen molar-refractivity contribution in [3.8, 4) is 11.1 Å². The number of rotatable bonds is 7. The molecule has 4 aliphatic heterocycles. The van der Waals surface area contributed by atoms with Crippen LogP contribution in [0.4, 0.5) is 11.4 Å². The van der Waals surface area contributed by atoms with Gasteiger partial charge >= 0.3 is 0 Å². The highest BCUT2D eigenvalue weighted by Gasteiger charge is 2.45. The van der Waals surface area contributed by atoms with Crippen LogP contribution in [0.25, 0.3) is 22.2 Å². The average Bonchev–Trinajstić information content (AvgIpc) is 3.70. The summed E-state index contributed by atoms with van der Waals surface area (Å²) < 4.78 is 0. The molecule has 3 saturated heterocycles. The number of H-pyrrole nitrogens is 1. The van der Waals surface area contributed by atoms with Crippen molar-refractivity contribution in [3.05, 3.63) is 76.6 Å². The maximum Gasteiger partial charge on any atom is 0.262 e. The van der Waals surface area contributed by atoms with Gasteiger partial charge in [-0.05, 0) is 54.3 Å². The molecule has 0 saturated carbocycles. The van der Waals surface area contributed by atoms with Gasteiger partial charge in [-0.3, -0.25) is 43.9 Å². The summed E-state index contributed by atoms with van der Waals surface area (Å²) in [5.74, 6) is -2.33. The monoisotopic (exact) mass is 736 g/mol. The molecule has 53 heavy (non-hydrogen) atoms. The van der Waals surface area contributed by atoms with E-state index in [0.29, 0.717) is 44.3 Å². The number of benzene rings is 2. The number of imide groups is 2. The number of carbonyl (C=O) groups is 6. The van der Waals surface area contributed by atoms with Gasteiger partial charge in [0.05, 0.1) is 29.2 Å². The number of amides is 6.